The Morgan fingerprint density at radius 1 is 1.24 bits per heavy atom. The van der Waals surface area contributed by atoms with E-state index in [1.165, 1.54) is 44.5 Å². The number of hydrogen-bond acceptors (Lipinski definition) is 5. The van der Waals surface area contributed by atoms with Gasteiger partial charge in [-0.2, -0.15) is 0 Å². The number of benzene rings is 2. The van der Waals surface area contributed by atoms with Gasteiger partial charge in [-0.3, -0.25) is 13.9 Å². The summed E-state index contributed by atoms with van der Waals surface area (Å²) in [5, 5.41) is 11.4. The summed E-state index contributed by atoms with van der Waals surface area (Å²) in [4.78, 5) is 22.8. The normalized spacial score (nSPS) is 10.7. The first-order valence-corrected chi connectivity index (χ1v) is 9.85. The molecular weight excluding hydrogens is 396 g/mol. The van der Waals surface area contributed by atoms with E-state index >= 15 is 0 Å². The van der Waals surface area contributed by atoms with Crippen LogP contribution in [0.2, 0.25) is 0 Å². The van der Waals surface area contributed by atoms with Gasteiger partial charge in [-0.25, -0.2) is 8.42 Å². The molecule has 0 aliphatic heterocycles. The molecule has 2 aromatic carbocycles. The minimum absolute atomic E-state index is 0.0224. The molecule has 0 aliphatic rings. The van der Waals surface area contributed by atoms with Gasteiger partial charge in [-0.1, -0.05) is 18.1 Å². The number of hydrogen-bond donors (Lipinski definition) is 2. The smallest absolute Gasteiger partial charge is 0.307 e. The Morgan fingerprint density at radius 3 is 2.55 bits per heavy atom. The standard InChI is InChI=1S/C20H20N2O6S/c1-4-14-6-5-7-16(10-14)22(13-19(23)21-2)29(26,27)18-11-15(12-20(24)25)8-9-17(18)28-3/h1,5-11H,12-13H2,2-3H3,(H,21,23)(H,24,25). The number of carbonyl (C=O) groups is 2. The van der Waals surface area contributed by atoms with Gasteiger partial charge < -0.3 is 15.2 Å². The van der Waals surface area contributed by atoms with Gasteiger partial charge in [0.25, 0.3) is 10.0 Å². The summed E-state index contributed by atoms with van der Waals surface area (Å²) >= 11 is 0. The summed E-state index contributed by atoms with van der Waals surface area (Å²) in [5.74, 6) is 0.794. The van der Waals surface area contributed by atoms with Gasteiger partial charge in [0.1, 0.15) is 17.2 Å². The van der Waals surface area contributed by atoms with Crippen molar-refractivity contribution in [2.75, 3.05) is 25.0 Å². The number of ether oxygens (including phenoxy) is 1. The maximum absolute atomic E-state index is 13.5. The van der Waals surface area contributed by atoms with Crippen molar-refractivity contribution in [3.8, 4) is 18.1 Å². The topological polar surface area (TPSA) is 113 Å². The maximum atomic E-state index is 13.5. The maximum Gasteiger partial charge on any atom is 0.307 e. The Labute approximate surface area is 169 Å². The summed E-state index contributed by atoms with van der Waals surface area (Å²) < 4.78 is 33.0. The molecule has 0 fully saturated rings. The van der Waals surface area contributed by atoms with Gasteiger partial charge in [-0.15, -0.1) is 6.42 Å². The predicted octanol–water partition coefficient (Wildman–Crippen LogP) is 1.24. The van der Waals surface area contributed by atoms with Crippen molar-refractivity contribution in [2.45, 2.75) is 11.3 Å². The van der Waals surface area contributed by atoms with Gasteiger partial charge in [0.15, 0.2) is 0 Å². The van der Waals surface area contributed by atoms with E-state index in [1.54, 1.807) is 12.1 Å². The monoisotopic (exact) mass is 416 g/mol. The van der Waals surface area contributed by atoms with E-state index in [4.69, 9.17) is 16.3 Å². The highest BCUT2D eigenvalue weighted by Gasteiger charge is 2.30. The SMILES string of the molecule is C#Cc1cccc(N(CC(=O)NC)S(=O)(=O)c2cc(CC(=O)O)ccc2OC)c1. The minimum Gasteiger partial charge on any atom is -0.495 e. The zero-order valence-corrected chi connectivity index (χ0v) is 16.7. The van der Waals surface area contributed by atoms with Crippen LogP contribution in [0.25, 0.3) is 0 Å². The van der Waals surface area contributed by atoms with E-state index < -0.39 is 28.4 Å². The zero-order valence-electron chi connectivity index (χ0n) is 15.9. The molecule has 0 radical (unpaired) electrons. The van der Waals surface area contributed by atoms with E-state index in [0.717, 1.165) is 4.31 Å². The highest BCUT2D eigenvalue weighted by Crippen LogP contribution is 2.31. The van der Waals surface area contributed by atoms with E-state index in [-0.39, 0.29) is 28.3 Å². The molecule has 0 heterocycles. The molecule has 1 amide bonds. The fourth-order valence-corrected chi connectivity index (χ4v) is 4.22. The quantitative estimate of drug-likeness (QED) is 0.626. The number of anilines is 1. The van der Waals surface area contributed by atoms with Crippen molar-refractivity contribution >= 4 is 27.6 Å². The van der Waals surface area contributed by atoms with Crippen LogP contribution in [-0.4, -0.2) is 46.1 Å². The van der Waals surface area contributed by atoms with Crippen LogP contribution in [0.5, 0.6) is 5.75 Å². The molecule has 0 bridgehead atoms. The summed E-state index contributed by atoms with van der Waals surface area (Å²) in [6, 6.07) is 10.2. The van der Waals surface area contributed by atoms with Crippen LogP contribution in [0.3, 0.4) is 0 Å². The van der Waals surface area contributed by atoms with Crippen molar-refractivity contribution in [3.05, 3.63) is 53.6 Å². The molecule has 0 spiro atoms. The minimum atomic E-state index is -4.30. The number of aliphatic carboxylic acids is 1. The van der Waals surface area contributed by atoms with Crippen LogP contribution in [-0.2, 0) is 26.0 Å². The first kappa shape index (κ1) is 21.8. The highest BCUT2D eigenvalue weighted by atomic mass is 32.2. The lowest BCUT2D eigenvalue weighted by Gasteiger charge is -2.25. The number of carboxylic acid groups (broad SMARTS) is 1. The van der Waals surface area contributed by atoms with Crippen LogP contribution in [0.4, 0.5) is 5.69 Å². The van der Waals surface area contributed by atoms with Crippen molar-refractivity contribution in [1.29, 1.82) is 0 Å². The molecule has 8 nitrogen and oxygen atoms in total. The second kappa shape index (κ2) is 9.12. The van der Waals surface area contributed by atoms with Crippen LogP contribution in [0.1, 0.15) is 11.1 Å². The third kappa shape index (κ3) is 5.06. The number of carbonyl (C=O) groups excluding carboxylic acids is 1. The first-order chi connectivity index (χ1) is 13.7. The second-order valence-electron chi connectivity index (χ2n) is 5.94. The molecule has 0 aliphatic carbocycles. The van der Waals surface area contributed by atoms with Gasteiger partial charge >= 0.3 is 5.97 Å². The Bertz CT molecular complexity index is 1070. The fraction of sp³-hybridized carbons (Fsp3) is 0.200. The number of methoxy groups -OCH3 is 1. The Hall–Kier alpha value is -3.51. The van der Waals surface area contributed by atoms with Gasteiger partial charge in [0, 0.05) is 12.6 Å². The molecule has 152 valence electrons. The predicted molar refractivity (Wildman–Crippen MR) is 107 cm³/mol. The number of nitrogens with one attached hydrogen (secondary N) is 1. The van der Waals surface area contributed by atoms with Crippen LogP contribution < -0.4 is 14.4 Å². The molecule has 2 aromatic rings. The molecule has 0 saturated heterocycles. The van der Waals surface area contributed by atoms with Gasteiger partial charge in [0.2, 0.25) is 5.91 Å². The molecule has 0 aromatic heterocycles. The lowest BCUT2D eigenvalue weighted by atomic mass is 10.1. The van der Waals surface area contributed by atoms with Gasteiger partial charge in [-0.05, 0) is 35.9 Å². The average molecular weight is 416 g/mol. The molecule has 0 unspecified atom stereocenters. The summed E-state index contributed by atoms with van der Waals surface area (Å²) in [5.41, 5.74) is 0.898. The Morgan fingerprint density at radius 2 is 1.97 bits per heavy atom. The largest absolute Gasteiger partial charge is 0.495 e. The average Bonchev–Trinajstić information content (AvgIpc) is 2.71. The number of likely N-dealkylation sites (N-methyl/N-ethyl adjacent to an activating group) is 1. The molecule has 2 rings (SSSR count). The summed E-state index contributed by atoms with van der Waals surface area (Å²) in [7, 11) is -1.61. The van der Waals surface area contributed by atoms with E-state index in [9.17, 15) is 18.0 Å². The molecule has 0 atom stereocenters. The Kier molecular flexibility index (Phi) is 6.85. The van der Waals surface area contributed by atoms with Crippen LogP contribution >= 0.6 is 0 Å². The Balaban J connectivity index is 2.67. The molecule has 9 heteroatoms. The third-order valence-corrected chi connectivity index (χ3v) is 5.81. The number of sulfonamides is 1. The third-order valence-electron chi connectivity index (χ3n) is 4.02. The van der Waals surface area contributed by atoms with E-state index in [1.807, 2.05) is 0 Å². The molecular formula is C20H20N2O6S. The van der Waals surface area contributed by atoms with Crippen LogP contribution in [0, 0.1) is 12.3 Å². The second-order valence-corrected chi connectivity index (χ2v) is 7.77. The lowest BCUT2D eigenvalue weighted by molar-refractivity contribution is -0.136. The van der Waals surface area contributed by atoms with Gasteiger partial charge in [0.05, 0.1) is 19.2 Å². The van der Waals surface area contributed by atoms with Crippen molar-refractivity contribution in [2.24, 2.45) is 0 Å². The van der Waals surface area contributed by atoms with Crippen molar-refractivity contribution < 1.29 is 27.9 Å². The van der Waals surface area contributed by atoms with E-state index in [2.05, 4.69) is 11.2 Å². The van der Waals surface area contributed by atoms with Crippen molar-refractivity contribution in [1.82, 2.24) is 5.32 Å². The molecule has 2 N–H and O–H groups in total. The fourth-order valence-electron chi connectivity index (χ4n) is 2.60. The zero-order chi connectivity index (χ0) is 21.6. The van der Waals surface area contributed by atoms with Crippen molar-refractivity contribution in [3.63, 3.8) is 0 Å². The lowest BCUT2D eigenvalue weighted by Crippen LogP contribution is -2.40. The number of nitrogens with zero attached hydrogens (tertiary/aromatic N) is 1. The first-order valence-electron chi connectivity index (χ1n) is 8.41. The summed E-state index contributed by atoms with van der Waals surface area (Å²) in [6.07, 6.45) is 5.04. The van der Waals surface area contributed by atoms with Crippen LogP contribution in [0.15, 0.2) is 47.4 Å². The molecule has 29 heavy (non-hydrogen) atoms. The highest BCUT2D eigenvalue weighted by molar-refractivity contribution is 7.93. The summed E-state index contributed by atoms with van der Waals surface area (Å²) in [6.45, 7) is -0.501. The number of amides is 1. The number of terminal acetylenes is 1. The number of carboxylic acids is 1. The molecule has 0 saturated carbocycles. The number of rotatable bonds is 8. The van der Waals surface area contributed by atoms with E-state index in [0.29, 0.717) is 5.56 Å².